The molecule has 1 aromatic heterocycles. The Balaban J connectivity index is 2.43. The first kappa shape index (κ1) is 7.78. The van der Waals surface area contributed by atoms with E-state index in [9.17, 15) is 4.79 Å². The average molecular weight is 154 g/mol. The van der Waals surface area contributed by atoms with Gasteiger partial charge in [0.2, 0.25) is 0 Å². The van der Waals surface area contributed by atoms with Crippen LogP contribution >= 0.6 is 0 Å². The topological polar surface area (TPSA) is 55.0 Å². The Hall–Kier alpha value is -1.32. The van der Waals surface area contributed by atoms with Crippen LogP contribution in [-0.2, 0) is 4.74 Å². The lowest BCUT2D eigenvalue weighted by molar-refractivity contribution is 0.0499. The Bertz CT molecular complexity index is 218. The number of rotatable bonds is 3. The van der Waals surface area contributed by atoms with Gasteiger partial charge in [0.25, 0.3) is 0 Å². The highest BCUT2D eigenvalue weighted by molar-refractivity contribution is 5.86. The lowest BCUT2D eigenvalue weighted by Crippen LogP contribution is -2.05. The number of aromatic amines is 1. The zero-order valence-electron chi connectivity index (χ0n) is 6.33. The number of esters is 1. The van der Waals surface area contributed by atoms with Gasteiger partial charge in [-0.2, -0.15) is 0 Å². The van der Waals surface area contributed by atoms with Gasteiger partial charge < -0.3 is 9.72 Å². The van der Waals surface area contributed by atoms with Gasteiger partial charge in [-0.3, -0.25) is 0 Å². The molecule has 0 atom stereocenters. The molecule has 0 saturated heterocycles. The smallest absolute Gasteiger partial charge is 0.356 e. The van der Waals surface area contributed by atoms with Crippen LogP contribution in [0.15, 0.2) is 12.5 Å². The van der Waals surface area contributed by atoms with Gasteiger partial charge in [0.05, 0.1) is 19.1 Å². The minimum absolute atomic E-state index is 0.343. The predicted octanol–water partition coefficient (Wildman–Crippen LogP) is 0.976. The molecular formula is C7H10N2O2. The molecule has 0 spiro atoms. The van der Waals surface area contributed by atoms with Crippen molar-refractivity contribution in [3.8, 4) is 0 Å². The molecule has 0 aliphatic carbocycles. The second-order valence-electron chi connectivity index (χ2n) is 2.10. The molecule has 1 N–H and O–H groups in total. The standard InChI is InChI=1S/C7H10N2O2/c1-2-3-11-7(10)6-4-8-5-9-6/h4-5H,2-3H2,1H3,(H,8,9). The number of hydrogen-bond acceptors (Lipinski definition) is 3. The number of aromatic nitrogens is 2. The molecular weight excluding hydrogens is 144 g/mol. The lowest BCUT2D eigenvalue weighted by atomic mass is 10.5. The van der Waals surface area contributed by atoms with Crippen LogP contribution in [0.3, 0.4) is 0 Å². The number of nitrogens with one attached hydrogen (secondary N) is 1. The van der Waals surface area contributed by atoms with Crippen molar-refractivity contribution in [1.82, 2.24) is 9.97 Å². The fraction of sp³-hybridized carbons (Fsp3) is 0.429. The summed E-state index contributed by atoms with van der Waals surface area (Å²) in [5.41, 5.74) is 0.401. The van der Waals surface area contributed by atoms with Crippen LogP contribution in [0.4, 0.5) is 0 Å². The zero-order chi connectivity index (χ0) is 8.10. The summed E-state index contributed by atoms with van der Waals surface area (Å²) in [7, 11) is 0. The van der Waals surface area contributed by atoms with Crippen molar-refractivity contribution in [2.45, 2.75) is 13.3 Å². The number of nitrogens with zero attached hydrogens (tertiary/aromatic N) is 1. The molecule has 60 valence electrons. The Morgan fingerprint density at radius 1 is 1.82 bits per heavy atom. The summed E-state index contributed by atoms with van der Waals surface area (Å²) >= 11 is 0. The van der Waals surface area contributed by atoms with Crippen molar-refractivity contribution in [1.29, 1.82) is 0 Å². The molecule has 1 rings (SSSR count). The lowest BCUT2D eigenvalue weighted by Gasteiger charge is -1.98. The number of ether oxygens (including phenoxy) is 1. The molecule has 0 unspecified atom stereocenters. The molecule has 1 aromatic rings. The zero-order valence-corrected chi connectivity index (χ0v) is 6.33. The van der Waals surface area contributed by atoms with E-state index in [-0.39, 0.29) is 5.97 Å². The monoisotopic (exact) mass is 154 g/mol. The molecule has 0 bridgehead atoms. The van der Waals surface area contributed by atoms with Crippen molar-refractivity contribution in [2.24, 2.45) is 0 Å². The fourth-order valence-corrected chi connectivity index (χ4v) is 0.640. The summed E-state index contributed by atoms with van der Waals surface area (Å²) in [6, 6.07) is 0. The van der Waals surface area contributed by atoms with E-state index in [1.165, 1.54) is 12.5 Å². The first-order chi connectivity index (χ1) is 5.34. The summed E-state index contributed by atoms with van der Waals surface area (Å²) < 4.78 is 4.83. The molecule has 4 heteroatoms. The van der Waals surface area contributed by atoms with Gasteiger partial charge >= 0.3 is 5.97 Å². The number of carbonyl (C=O) groups is 1. The van der Waals surface area contributed by atoms with Gasteiger partial charge in [0.15, 0.2) is 0 Å². The molecule has 0 saturated carbocycles. The van der Waals surface area contributed by atoms with Crippen molar-refractivity contribution < 1.29 is 9.53 Å². The number of imidazole rings is 1. The highest BCUT2D eigenvalue weighted by Crippen LogP contribution is 1.94. The van der Waals surface area contributed by atoms with E-state index in [0.717, 1.165) is 6.42 Å². The Kier molecular flexibility index (Phi) is 2.66. The van der Waals surface area contributed by atoms with Gasteiger partial charge in [-0.1, -0.05) is 6.92 Å². The summed E-state index contributed by atoms with van der Waals surface area (Å²) in [5, 5.41) is 0. The maximum Gasteiger partial charge on any atom is 0.356 e. The van der Waals surface area contributed by atoms with E-state index < -0.39 is 0 Å². The number of carbonyl (C=O) groups excluding carboxylic acids is 1. The van der Waals surface area contributed by atoms with Crippen LogP contribution in [0.1, 0.15) is 23.8 Å². The van der Waals surface area contributed by atoms with Crippen LogP contribution < -0.4 is 0 Å². The Morgan fingerprint density at radius 2 is 2.64 bits per heavy atom. The van der Waals surface area contributed by atoms with Gasteiger partial charge in [-0.05, 0) is 6.42 Å². The summed E-state index contributed by atoms with van der Waals surface area (Å²) in [4.78, 5) is 17.3. The van der Waals surface area contributed by atoms with E-state index in [4.69, 9.17) is 4.74 Å². The number of H-pyrrole nitrogens is 1. The summed E-state index contributed by atoms with van der Waals surface area (Å²) in [5.74, 6) is -0.343. The van der Waals surface area contributed by atoms with E-state index in [2.05, 4.69) is 9.97 Å². The molecule has 0 amide bonds. The van der Waals surface area contributed by atoms with E-state index >= 15 is 0 Å². The molecule has 1 heterocycles. The summed E-state index contributed by atoms with van der Waals surface area (Å²) in [6.07, 6.45) is 3.72. The molecule has 11 heavy (non-hydrogen) atoms. The maximum atomic E-state index is 11.0. The van der Waals surface area contributed by atoms with Crippen LogP contribution in [0.25, 0.3) is 0 Å². The van der Waals surface area contributed by atoms with Crippen LogP contribution in [0.5, 0.6) is 0 Å². The summed E-state index contributed by atoms with van der Waals surface area (Å²) in [6.45, 7) is 2.40. The first-order valence-electron chi connectivity index (χ1n) is 3.50. The van der Waals surface area contributed by atoms with Crippen molar-refractivity contribution in [2.75, 3.05) is 6.61 Å². The van der Waals surface area contributed by atoms with E-state index in [1.807, 2.05) is 6.92 Å². The minimum atomic E-state index is -0.343. The molecule has 0 aliphatic rings. The second kappa shape index (κ2) is 3.75. The van der Waals surface area contributed by atoms with Gasteiger partial charge in [0.1, 0.15) is 5.69 Å². The van der Waals surface area contributed by atoms with Crippen molar-refractivity contribution in [3.63, 3.8) is 0 Å². The Morgan fingerprint density at radius 3 is 3.18 bits per heavy atom. The maximum absolute atomic E-state index is 11.0. The third-order valence-electron chi connectivity index (χ3n) is 1.16. The molecule has 0 aromatic carbocycles. The SMILES string of the molecule is CCCOC(=O)c1cnc[nH]1. The third-order valence-corrected chi connectivity index (χ3v) is 1.16. The van der Waals surface area contributed by atoms with Crippen molar-refractivity contribution in [3.05, 3.63) is 18.2 Å². The molecule has 0 radical (unpaired) electrons. The van der Waals surface area contributed by atoms with E-state index in [1.54, 1.807) is 0 Å². The second-order valence-corrected chi connectivity index (χ2v) is 2.10. The normalized spacial score (nSPS) is 9.55. The van der Waals surface area contributed by atoms with Crippen LogP contribution in [0, 0.1) is 0 Å². The largest absolute Gasteiger partial charge is 0.461 e. The van der Waals surface area contributed by atoms with Crippen LogP contribution in [0.2, 0.25) is 0 Å². The highest BCUT2D eigenvalue weighted by Gasteiger charge is 2.05. The number of hydrogen-bond donors (Lipinski definition) is 1. The average Bonchev–Trinajstić information content (AvgIpc) is 2.52. The third kappa shape index (κ3) is 2.07. The van der Waals surface area contributed by atoms with Gasteiger partial charge in [-0.15, -0.1) is 0 Å². The quantitative estimate of drug-likeness (QED) is 0.660. The first-order valence-corrected chi connectivity index (χ1v) is 3.50. The van der Waals surface area contributed by atoms with E-state index in [0.29, 0.717) is 12.3 Å². The highest BCUT2D eigenvalue weighted by atomic mass is 16.5. The molecule has 4 nitrogen and oxygen atoms in total. The van der Waals surface area contributed by atoms with Gasteiger partial charge in [-0.25, -0.2) is 9.78 Å². The van der Waals surface area contributed by atoms with Gasteiger partial charge in [0, 0.05) is 0 Å². The van der Waals surface area contributed by atoms with Crippen molar-refractivity contribution >= 4 is 5.97 Å². The fourth-order valence-electron chi connectivity index (χ4n) is 0.640. The molecule has 0 fully saturated rings. The predicted molar refractivity (Wildman–Crippen MR) is 39.2 cm³/mol. The molecule has 0 aliphatic heterocycles. The van der Waals surface area contributed by atoms with Crippen LogP contribution in [-0.4, -0.2) is 22.5 Å². The Labute approximate surface area is 64.6 Å². The minimum Gasteiger partial charge on any atom is -0.461 e.